The predicted molar refractivity (Wildman–Crippen MR) is 240 cm³/mol. The zero-order valence-corrected chi connectivity index (χ0v) is 36.5. The molecule has 0 saturated heterocycles. The van der Waals surface area contributed by atoms with Crippen LogP contribution in [0, 0.1) is 5.92 Å². The Hall–Kier alpha value is -5.52. The summed E-state index contributed by atoms with van der Waals surface area (Å²) in [7, 11) is 4.75. The summed E-state index contributed by atoms with van der Waals surface area (Å²) >= 11 is 13.0. The van der Waals surface area contributed by atoms with Gasteiger partial charge in [0.15, 0.2) is 5.60 Å². The van der Waals surface area contributed by atoms with Gasteiger partial charge in [0.25, 0.3) is 0 Å². The van der Waals surface area contributed by atoms with Gasteiger partial charge in [-0.25, -0.2) is 0 Å². The van der Waals surface area contributed by atoms with Gasteiger partial charge in [-0.05, 0) is 49.1 Å². The number of hydrogen-bond donors (Lipinski definition) is 2. The highest BCUT2D eigenvalue weighted by atomic mass is 35.5. The van der Waals surface area contributed by atoms with Crippen LogP contribution in [0.3, 0.4) is 0 Å². The first-order valence-corrected chi connectivity index (χ1v) is 21.0. The number of amides is 3. The van der Waals surface area contributed by atoms with Gasteiger partial charge in [0.05, 0.1) is 18.9 Å². The van der Waals surface area contributed by atoms with E-state index < -0.39 is 35.6 Å². The molecule has 4 atom stereocenters. The summed E-state index contributed by atoms with van der Waals surface area (Å²) in [4.78, 5) is 58.8. The molecule has 12 heteroatoms. The van der Waals surface area contributed by atoms with E-state index in [-0.39, 0.29) is 50.1 Å². The fourth-order valence-corrected chi connectivity index (χ4v) is 7.82. The van der Waals surface area contributed by atoms with Gasteiger partial charge < -0.3 is 30.3 Å². The Bertz CT molecular complexity index is 2150. The third kappa shape index (κ3) is 12.3. The molecule has 0 fully saturated rings. The molecular formula is C49H54Cl2N4O6. The summed E-state index contributed by atoms with van der Waals surface area (Å²) < 4.78 is 11.8. The maximum atomic E-state index is 14.5. The summed E-state index contributed by atoms with van der Waals surface area (Å²) in [6, 6.07) is 41.0. The van der Waals surface area contributed by atoms with Crippen molar-refractivity contribution in [3.05, 3.63) is 177 Å². The maximum Gasteiger partial charge on any atom is 0.308 e. The summed E-state index contributed by atoms with van der Waals surface area (Å²) in [6.07, 6.45) is 0.393. The Labute approximate surface area is 368 Å². The van der Waals surface area contributed by atoms with Crippen molar-refractivity contribution in [1.29, 1.82) is 0 Å². The Morgan fingerprint density at radius 2 is 1.23 bits per heavy atom. The van der Waals surface area contributed by atoms with Gasteiger partial charge in [-0.2, -0.15) is 0 Å². The van der Waals surface area contributed by atoms with E-state index in [0.717, 1.165) is 11.1 Å². The molecule has 10 nitrogen and oxygen atoms in total. The molecule has 0 aliphatic heterocycles. The number of nitrogens with one attached hydrogen (secondary N) is 1. The number of benzene rings is 5. The lowest BCUT2D eigenvalue weighted by Crippen LogP contribution is -2.51. The van der Waals surface area contributed by atoms with Crippen molar-refractivity contribution in [3.63, 3.8) is 0 Å². The number of esters is 1. The summed E-state index contributed by atoms with van der Waals surface area (Å²) in [6.45, 7) is 1.98. The molecule has 0 radical (unpaired) electrons. The Morgan fingerprint density at radius 1 is 0.689 bits per heavy atom. The second kappa shape index (κ2) is 22.4. The van der Waals surface area contributed by atoms with Gasteiger partial charge >= 0.3 is 5.97 Å². The van der Waals surface area contributed by atoms with E-state index >= 15 is 0 Å². The van der Waals surface area contributed by atoms with E-state index in [2.05, 4.69) is 5.32 Å². The Balaban J connectivity index is 1.35. The van der Waals surface area contributed by atoms with Gasteiger partial charge in [0.2, 0.25) is 17.7 Å². The van der Waals surface area contributed by atoms with Crippen LogP contribution in [0.2, 0.25) is 10.0 Å². The van der Waals surface area contributed by atoms with Crippen molar-refractivity contribution in [1.82, 2.24) is 15.1 Å². The van der Waals surface area contributed by atoms with Crippen LogP contribution < -0.4 is 11.1 Å². The molecule has 0 bridgehead atoms. The quantitative estimate of drug-likeness (QED) is 0.0613. The number of nitrogens with zero attached hydrogens (tertiary/aromatic N) is 2. The summed E-state index contributed by atoms with van der Waals surface area (Å²) in [5, 5.41) is 3.95. The number of hydrogen-bond acceptors (Lipinski definition) is 7. The standard InChI is InChI=1S/C49H54Cl2N4O6/c1-34(32-53-45(56)31-41(29-36-24-26-40(50)27-25-36)55(3)48(59)44(52)33-60-4)54(2)47(58)37(28-35-16-8-5-9-17-35)30-46(57)61-49(38-18-10-6-11-19-38,39-20-12-7-13-21-39)42-22-14-15-23-43(42)51/h5-27,34,37,41,44H,28-33,52H2,1-4H3,(H,53,56)/t34-,37+,41-,44-/m0/s1. The molecule has 0 aromatic heterocycles. The lowest BCUT2D eigenvalue weighted by molar-refractivity contribution is -0.157. The molecule has 0 heterocycles. The van der Waals surface area contributed by atoms with E-state index in [9.17, 15) is 19.2 Å². The van der Waals surface area contributed by atoms with Gasteiger partial charge in [0, 0.05) is 73.0 Å². The van der Waals surface area contributed by atoms with Gasteiger partial charge in [-0.1, -0.05) is 145 Å². The second-order valence-electron chi connectivity index (χ2n) is 15.3. The van der Waals surface area contributed by atoms with E-state index in [1.165, 1.54) is 12.0 Å². The smallest absolute Gasteiger partial charge is 0.308 e. The molecule has 0 aliphatic rings. The van der Waals surface area contributed by atoms with Crippen LogP contribution in [0.25, 0.3) is 0 Å². The van der Waals surface area contributed by atoms with Crippen LogP contribution >= 0.6 is 23.2 Å². The largest absolute Gasteiger partial charge is 0.444 e. The molecule has 5 rings (SSSR count). The highest BCUT2D eigenvalue weighted by molar-refractivity contribution is 6.31. The fourth-order valence-electron chi connectivity index (χ4n) is 7.42. The topological polar surface area (TPSA) is 131 Å². The van der Waals surface area contributed by atoms with Gasteiger partial charge in [-0.15, -0.1) is 0 Å². The van der Waals surface area contributed by atoms with Crippen molar-refractivity contribution in [3.8, 4) is 0 Å². The monoisotopic (exact) mass is 864 g/mol. The first-order valence-electron chi connectivity index (χ1n) is 20.2. The van der Waals surface area contributed by atoms with Crippen molar-refractivity contribution in [2.75, 3.05) is 34.4 Å². The van der Waals surface area contributed by atoms with Crippen LogP contribution in [0.4, 0.5) is 0 Å². The van der Waals surface area contributed by atoms with E-state index in [1.54, 1.807) is 37.2 Å². The average molecular weight is 866 g/mol. The first kappa shape index (κ1) is 46.5. The molecule has 3 N–H and O–H groups in total. The van der Waals surface area contributed by atoms with Crippen LogP contribution in [0.5, 0.6) is 0 Å². The lowest BCUT2D eigenvalue weighted by atomic mass is 9.80. The molecule has 3 amide bonds. The van der Waals surface area contributed by atoms with Crippen molar-refractivity contribution in [2.45, 2.75) is 56.3 Å². The minimum atomic E-state index is -1.43. The number of halogens is 2. The molecule has 0 unspecified atom stereocenters. The minimum absolute atomic E-state index is 0.0204. The van der Waals surface area contributed by atoms with Crippen LogP contribution in [0.15, 0.2) is 140 Å². The number of carbonyl (C=O) groups is 4. The zero-order chi connectivity index (χ0) is 43.9. The molecule has 0 saturated carbocycles. The summed E-state index contributed by atoms with van der Waals surface area (Å²) in [5.74, 6) is -2.36. The lowest BCUT2D eigenvalue weighted by Gasteiger charge is -2.36. The highest BCUT2D eigenvalue weighted by Gasteiger charge is 2.43. The van der Waals surface area contributed by atoms with E-state index in [4.69, 9.17) is 38.4 Å². The van der Waals surface area contributed by atoms with E-state index in [0.29, 0.717) is 33.2 Å². The Morgan fingerprint density at radius 3 is 1.80 bits per heavy atom. The molecule has 61 heavy (non-hydrogen) atoms. The van der Waals surface area contributed by atoms with Crippen LogP contribution in [-0.2, 0) is 47.1 Å². The number of rotatable bonds is 20. The molecule has 5 aromatic carbocycles. The maximum absolute atomic E-state index is 14.5. The second-order valence-corrected chi connectivity index (χ2v) is 16.1. The molecule has 320 valence electrons. The zero-order valence-electron chi connectivity index (χ0n) is 35.0. The third-order valence-electron chi connectivity index (χ3n) is 10.9. The van der Waals surface area contributed by atoms with Crippen molar-refractivity contribution >= 4 is 46.9 Å². The number of likely N-dealkylation sites (N-methyl/N-ethyl adjacent to an activating group) is 2. The van der Waals surface area contributed by atoms with Gasteiger partial charge in [-0.3, -0.25) is 19.2 Å². The highest BCUT2D eigenvalue weighted by Crippen LogP contribution is 2.44. The van der Waals surface area contributed by atoms with Crippen molar-refractivity contribution in [2.24, 2.45) is 11.7 Å². The molecule has 5 aromatic rings. The van der Waals surface area contributed by atoms with Crippen LogP contribution in [-0.4, -0.2) is 86.0 Å². The van der Waals surface area contributed by atoms with Crippen LogP contribution in [0.1, 0.15) is 47.6 Å². The number of nitrogens with two attached hydrogens (primary N) is 1. The number of ether oxygens (including phenoxy) is 2. The Kier molecular flexibility index (Phi) is 17.1. The normalized spacial score (nSPS) is 13.3. The fraction of sp³-hybridized carbons (Fsp3) is 0.306. The SMILES string of the molecule is COC[C@H](N)C(=O)N(C)[C@H](CC(=O)NC[C@H](C)N(C)C(=O)[C@@H](CC(=O)OC(c1ccccc1)(c1ccccc1)c1ccccc1Cl)Cc1ccccc1)Cc1ccc(Cl)cc1. The summed E-state index contributed by atoms with van der Waals surface area (Å²) in [5.41, 5.74) is 8.39. The molecular weight excluding hydrogens is 811 g/mol. The van der Waals surface area contributed by atoms with Crippen molar-refractivity contribution < 1.29 is 28.7 Å². The average Bonchev–Trinajstić information content (AvgIpc) is 3.28. The van der Waals surface area contributed by atoms with Gasteiger partial charge in [0.1, 0.15) is 6.04 Å². The minimum Gasteiger partial charge on any atom is -0.444 e. The third-order valence-corrected chi connectivity index (χ3v) is 11.5. The number of methoxy groups -OCH3 is 1. The predicted octanol–water partition coefficient (Wildman–Crippen LogP) is 7.47. The number of carbonyl (C=O) groups excluding carboxylic acids is 4. The molecule has 0 aliphatic carbocycles. The van der Waals surface area contributed by atoms with E-state index in [1.807, 2.05) is 128 Å². The first-order chi connectivity index (χ1) is 29.3. The molecule has 0 spiro atoms.